The van der Waals surface area contributed by atoms with Crippen LogP contribution < -0.4 is 10.6 Å². The van der Waals surface area contributed by atoms with Crippen LogP contribution in [0.3, 0.4) is 0 Å². The van der Waals surface area contributed by atoms with Crippen molar-refractivity contribution < 1.29 is 4.79 Å². The van der Waals surface area contributed by atoms with Gasteiger partial charge in [0.15, 0.2) is 0 Å². The van der Waals surface area contributed by atoms with Crippen molar-refractivity contribution in [1.29, 1.82) is 0 Å². The number of allylic oxidation sites excluding steroid dienone is 2. The molecule has 3 nitrogen and oxygen atoms in total. The van der Waals surface area contributed by atoms with Gasteiger partial charge in [0, 0.05) is 17.4 Å². The molecule has 2 aromatic rings. The maximum atomic E-state index is 12.7. The van der Waals surface area contributed by atoms with E-state index in [1.165, 1.54) is 16.0 Å². The van der Waals surface area contributed by atoms with Crippen LogP contribution in [0, 0.1) is 5.92 Å². The molecule has 140 valence electrons. The molecule has 27 heavy (non-hydrogen) atoms. The van der Waals surface area contributed by atoms with E-state index in [1.807, 2.05) is 12.1 Å². The number of carbonyl (C=O) groups is 1. The van der Waals surface area contributed by atoms with Gasteiger partial charge in [0.25, 0.3) is 5.91 Å². The summed E-state index contributed by atoms with van der Waals surface area (Å²) in [5, 5.41) is 6.77. The SMILES string of the molecule is CCCNC(=O)c1cccc2c1NC(c1ccc(SC)cc1)C1CC=CC21. The molecule has 1 amide bonds. The molecule has 0 fully saturated rings. The Kier molecular flexibility index (Phi) is 5.26. The highest BCUT2D eigenvalue weighted by atomic mass is 32.2. The van der Waals surface area contributed by atoms with E-state index in [-0.39, 0.29) is 11.9 Å². The molecule has 3 atom stereocenters. The molecule has 0 saturated carbocycles. The van der Waals surface area contributed by atoms with E-state index in [0.29, 0.717) is 18.4 Å². The predicted octanol–water partition coefficient (Wildman–Crippen LogP) is 5.37. The average Bonchev–Trinajstić information content (AvgIpc) is 3.21. The van der Waals surface area contributed by atoms with Crippen molar-refractivity contribution >= 4 is 23.4 Å². The molecule has 2 N–H and O–H groups in total. The van der Waals surface area contributed by atoms with Gasteiger partial charge in [0.1, 0.15) is 0 Å². The van der Waals surface area contributed by atoms with E-state index in [1.54, 1.807) is 11.8 Å². The lowest BCUT2D eigenvalue weighted by atomic mass is 9.76. The summed E-state index contributed by atoms with van der Waals surface area (Å²) in [6, 6.07) is 15.2. The summed E-state index contributed by atoms with van der Waals surface area (Å²) >= 11 is 1.76. The minimum Gasteiger partial charge on any atom is -0.377 e. The molecule has 2 aromatic carbocycles. The van der Waals surface area contributed by atoms with Crippen molar-refractivity contribution in [3.63, 3.8) is 0 Å². The number of fused-ring (bicyclic) bond motifs is 3. The van der Waals surface area contributed by atoms with E-state index >= 15 is 0 Å². The Hall–Kier alpha value is -2.20. The van der Waals surface area contributed by atoms with Crippen LogP contribution >= 0.6 is 11.8 Å². The number of anilines is 1. The fourth-order valence-electron chi connectivity index (χ4n) is 4.29. The van der Waals surface area contributed by atoms with Gasteiger partial charge in [0.05, 0.1) is 17.3 Å². The van der Waals surface area contributed by atoms with Crippen molar-refractivity contribution in [3.05, 3.63) is 71.3 Å². The third kappa shape index (κ3) is 3.39. The lowest BCUT2D eigenvalue weighted by Crippen LogP contribution is -2.32. The van der Waals surface area contributed by atoms with Crippen LogP contribution in [-0.2, 0) is 0 Å². The first-order valence-corrected chi connectivity index (χ1v) is 10.9. The van der Waals surface area contributed by atoms with Crippen molar-refractivity contribution in [2.75, 3.05) is 18.1 Å². The number of nitrogens with one attached hydrogen (secondary N) is 2. The first-order valence-electron chi connectivity index (χ1n) is 9.71. The zero-order valence-electron chi connectivity index (χ0n) is 15.9. The van der Waals surface area contributed by atoms with Crippen LogP contribution in [0.2, 0.25) is 0 Å². The van der Waals surface area contributed by atoms with E-state index in [4.69, 9.17) is 0 Å². The number of benzene rings is 2. The van der Waals surface area contributed by atoms with Crippen LogP contribution in [0.25, 0.3) is 0 Å². The maximum Gasteiger partial charge on any atom is 0.253 e. The monoisotopic (exact) mass is 378 g/mol. The van der Waals surface area contributed by atoms with E-state index in [2.05, 4.69) is 66.3 Å². The summed E-state index contributed by atoms with van der Waals surface area (Å²) in [7, 11) is 0. The normalized spacial score (nSPS) is 22.7. The molecule has 4 heteroatoms. The number of amides is 1. The highest BCUT2D eigenvalue weighted by Crippen LogP contribution is 2.50. The topological polar surface area (TPSA) is 41.1 Å². The number of thioether (sulfide) groups is 1. The van der Waals surface area contributed by atoms with Crippen LogP contribution in [0.15, 0.2) is 59.5 Å². The second-order valence-corrected chi connectivity index (χ2v) is 8.15. The van der Waals surface area contributed by atoms with E-state index < -0.39 is 0 Å². The molecule has 1 aliphatic carbocycles. The smallest absolute Gasteiger partial charge is 0.253 e. The molecule has 0 saturated heterocycles. The van der Waals surface area contributed by atoms with Gasteiger partial charge < -0.3 is 10.6 Å². The molecule has 0 bridgehead atoms. The quantitative estimate of drug-likeness (QED) is 0.542. The Morgan fingerprint density at radius 1 is 1.22 bits per heavy atom. The summed E-state index contributed by atoms with van der Waals surface area (Å²) in [6.07, 6.45) is 8.72. The van der Waals surface area contributed by atoms with Gasteiger partial charge in [-0.3, -0.25) is 4.79 Å². The lowest BCUT2D eigenvalue weighted by molar-refractivity contribution is 0.0954. The van der Waals surface area contributed by atoms with Crippen LogP contribution in [-0.4, -0.2) is 18.7 Å². The predicted molar refractivity (Wildman–Crippen MR) is 114 cm³/mol. The second kappa shape index (κ2) is 7.81. The van der Waals surface area contributed by atoms with Gasteiger partial charge in [-0.1, -0.05) is 43.3 Å². The number of hydrogen-bond donors (Lipinski definition) is 2. The summed E-state index contributed by atoms with van der Waals surface area (Å²) in [5.41, 5.74) is 4.29. The molecule has 0 aromatic heterocycles. The molecular weight excluding hydrogens is 352 g/mol. The van der Waals surface area contributed by atoms with Crippen molar-refractivity contribution in [2.24, 2.45) is 5.92 Å². The standard InChI is InChI=1S/C23H26N2OS/c1-3-14-24-23(26)20-9-5-8-19-17-6-4-7-18(17)21(25-22(19)20)15-10-12-16(27-2)13-11-15/h4-6,8-13,17-18,21,25H,3,7,14H2,1-2H3,(H,24,26). The van der Waals surface area contributed by atoms with E-state index in [0.717, 1.165) is 24.1 Å². The number of rotatable bonds is 5. The van der Waals surface area contributed by atoms with Crippen LogP contribution in [0.5, 0.6) is 0 Å². The largest absolute Gasteiger partial charge is 0.377 e. The first kappa shape index (κ1) is 18.2. The molecule has 2 aliphatic rings. The molecule has 1 aliphatic heterocycles. The number of carbonyl (C=O) groups excluding carboxylic acids is 1. The first-order chi connectivity index (χ1) is 13.2. The Balaban J connectivity index is 1.72. The van der Waals surface area contributed by atoms with Crippen molar-refractivity contribution in [2.45, 2.75) is 36.6 Å². The molecule has 4 rings (SSSR count). The highest BCUT2D eigenvalue weighted by Gasteiger charge is 2.39. The molecular formula is C23H26N2OS. The van der Waals surface area contributed by atoms with Gasteiger partial charge >= 0.3 is 0 Å². The third-order valence-corrected chi connectivity index (χ3v) is 6.40. The van der Waals surface area contributed by atoms with Gasteiger partial charge in [-0.05, 0) is 54.3 Å². The van der Waals surface area contributed by atoms with E-state index in [9.17, 15) is 4.79 Å². The zero-order valence-corrected chi connectivity index (χ0v) is 16.7. The van der Waals surface area contributed by atoms with Gasteiger partial charge in [0.2, 0.25) is 0 Å². The summed E-state index contributed by atoms with van der Waals surface area (Å²) in [4.78, 5) is 14.0. The Morgan fingerprint density at radius 3 is 2.78 bits per heavy atom. The maximum absolute atomic E-state index is 12.7. The minimum atomic E-state index is 0.0121. The number of hydrogen-bond acceptors (Lipinski definition) is 3. The molecule has 1 heterocycles. The second-order valence-electron chi connectivity index (χ2n) is 7.27. The molecule has 0 radical (unpaired) electrons. The van der Waals surface area contributed by atoms with Gasteiger partial charge in [-0.15, -0.1) is 11.8 Å². The average molecular weight is 379 g/mol. The van der Waals surface area contributed by atoms with Crippen molar-refractivity contribution in [1.82, 2.24) is 5.32 Å². The summed E-state index contributed by atoms with van der Waals surface area (Å²) in [6.45, 7) is 2.77. The van der Waals surface area contributed by atoms with Gasteiger partial charge in [-0.25, -0.2) is 0 Å². The highest BCUT2D eigenvalue weighted by molar-refractivity contribution is 7.98. The van der Waals surface area contributed by atoms with Gasteiger partial charge in [-0.2, -0.15) is 0 Å². The Bertz CT molecular complexity index is 859. The van der Waals surface area contributed by atoms with Crippen LogP contribution in [0.1, 0.15) is 53.2 Å². The summed E-state index contributed by atoms with van der Waals surface area (Å²) in [5.74, 6) is 0.870. The van der Waals surface area contributed by atoms with Crippen LogP contribution in [0.4, 0.5) is 5.69 Å². The molecule has 3 unspecified atom stereocenters. The third-order valence-electron chi connectivity index (χ3n) is 5.65. The number of para-hydroxylation sites is 1. The zero-order chi connectivity index (χ0) is 18.8. The fourth-order valence-corrected chi connectivity index (χ4v) is 4.69. The van der Waals surface area contributed by atoms with Crippen molar-refractivity contribution in [3.8, 4) is 0 Å². The fraction of sp³-hybridized carbons (Fsp3) is 0.348. The summed E-state index contributed by atoms with van der Waals surface area (Å²) < 4.78 is 0. The molecule has 0 spiro atoms. The minimum absolute atomic E-state index is 0.0121. The lowest BCUT2D eigenvalue weighted by Gasteiger charge is -2.38. The Labute approximate surface area is 165 Å². The Morgan fingerprint density at radius 2 is 2.04 bits per heavy atom.